The maximum absolute atomic E-state index is 13.6. The largest absolute Gasteiger partial charge is 0.480 e. The quantitative estimate of drug-likeness (QED) is 0.0250. The van der Waals surface area contributed by atoms with Crippen LogP contribution in [0.3, 0.4) is 0 Å². The van der Waals surface area contributed by atoms with Gasteiger partial charge in [0.15, 0.2) is 0 Å². The molecule has 68 heavy (non-hydrogen) atoms. The first-order valence-corrected chi connectivity index (χ1v) is 22.5. The minimum absolute atomic E-state index is 0.0423. The van der Waals surface area contributed by atoms with Crippen LogP contribution in [0.15, 0.2) is 11.3 Å². The minimum atomic E-state index is -1.55. The number of aliphatic carboxylic acids is 4. The SMILES string of the molecule is CC(=O)N[C@@H](C)C(=O)N[C@H](CCC(=O)N[C@@H](CCCCN)C(=O)N[C@@H]1C(=O)N2C(C(=O)O)=C(CC[C@H](NC(=O)CC[C@@H](NC(C)=O)C(=O)O)C(=O)N[C@H](C)C(=O)N[C@H](C)C(=O)O)CS[C@H]12)C(=O)O. The number of β-lactam (4-membered cyclic amide) rings is 1. The number of hydrogen-bond acceptors (Lipinski definition) is 15. The zero-order valence-corrected chi connectivity index (χ0v) is 38.8. The first-order chi connectivity index (χ1) is 31.8. The van der Waals surface area contributed by atoms with E-state index in [1.54, 1.807) is 0 Å². The molecule has 2 heterocycles. The fourth-order valence-electron chi connectivity index (χ4n) is 6.77. The topological polar surface area (TPSA) is 428 Å². The van der Waals surface area contributed by atoms with Crippen LogP contribution in [-0.2, 0) is 62.3 Å². The Morgan fingerprint density at radius 3 is 1.60 bits per heavy atom. The molecule has 27 nitrogen and oxygen atoms in total. The third kappa shape index (κ3) is 17.8. The van der Waals surface area contributed by atoms with Crippen LogP contribution in [0.5, 0.6) is 0 Å². The van der Waals surface area contributed by atoms with Gasteiger partial charge in [-0.1, -0.05) is 0 Å². The summed E-state index contributed by atoms with van der Waals surface area (Å²) in [5, 5.41) is 56.3. The van der Waals surface area contributed by atoms with Gasteiger partial charge in [0.25, 0.3) is 5.91 Å². The molecule has 0 radical (unpaired) electrons. The lowest BCUT2D eigenvalue weighted by atomic mass is 9.98. The molecule has 0 aromatic heterocycles. The van der Waals surface area contributed by atoms with Gasteiger partial charge >= 0.3 is 23.9 Å². The van der Waals surface area contributed by atoms with E-state index in [0.717, 1.165) is 23.6 Å². The second-order valence-electron chi connectivity index (χ2n) is 16.0. The highest BCUT2D eigenvalue weighted by atomic mass is 32.2. The van der Waals surface area contributed by atoms with E-state index in [4.69, 9.17) is 10.8 Å². The number of carboxylic acid groups (broad SMARTS) is 4. The highest BCUT2D eigenvalue weighted by Gasteiger charge is 2.54. The number of rotatable bonds is 29. The number of nitrogens with one attached hydrogen (secondary N) is 8. The average Bonchev–Trinajstić information content (AvgIpc) is 3.25. The van der Waals surface area contributed by atoms with E-state index in [9.17, 15) is 77.6 Å². The predicted molar refractivity (Wildman–Crippen MR) is 235 cm³/mol. The summed E-state index contributed by atoms with van der Waals surface area (Å²) in [6.07, 6.45) is -1.49. The number of carbonyl (C=O) groups is 13. The Bertz CT molecular complexity index is 2020. The van der Waals surface area contributed by atoms with Crippen molar-refractivity contribution >= 4 is 88.8 Å². The third-order valence-electron chi connectivity index (χ3n) is 10.4. The van der Waals surface area contributed by atoms with Crippen molar-refractivity contribution in [3.05, 3.63) is 11.3 Å². The van der Waals surface area contributed by atoms with Gasteiger partial charge in [-0.05, 0) is 77.8 Å². The van der Waals surface area contributed by atoms with E-state index in [1.165, 1.54) is 27.7 Å². The number of amides is 9. The van der Waals surface area contributed by atoms with Crippen molar-refractivity contribution in [3.63, 3.8) is 0 Å². The summed E-state index contributed by atoms with van der Waals surface area (Å²) >= 11 is 1.06. The summed E-state index contributed by atoms with van der Waals surface area (Å²) in [7, 11) is 0. The second kappa shape index (κ2) is 27.1. The molecule has 0 unspecified atom stereocenters. The molecule has 0 bridgehead atoms. The zero-order chi connectivity index (χ0) is 51.6. The molecule has 2 rings (SSSR count). The van der Waals surface area contributed by atoms with Crippen LogP contribution in [0.25, 0.3) is 0 Å². The Kier molecular flexibility index (Phi) is 22.8. The van der Waals surface area contributed by atoms with Gasteiger partial charge in [-0.15, -0.1) is 11.8 Å². The molecule has 0 saturated carbocycles. The standard InChI is InChI=1S/C40H60N10O17S/c1-17(42-20(4)51)32(56)48-26(39(64)65)12-14-27(53)46-23(8-6-7-15-41)34(58)49-29-35(59)50-30(40(66)67)22(16-68-36(29)50)9-10-24(33(57)43-18(2)31(55)44-19(3)37(60)61)47-28(54)13-11-25(38(62)63)45-21(5)52/h17-19,23-26,29,36H,6-16,41H2,1-5H3,(H,42,51)(H,43,57)(H,44,55)(H,45,52)(H,46,53)(H,47,54)(H,48,56)(H,49,58)(H,60,61)(H,62,63)(H,64,65)(H,66,67)/t17-,18+,19+,23-,24-,25+,26+,29+,36+/m0/s1. The molecule has 9 amide bonds. The fourth-order valence-corrected chi connectivity index (χ4v) is 8.16. The summed E-state index contributed by atoms with van der Waals surface area (Å²) in [5.41, 5.74) is 5.27. The highest BCUT2D eigenvalue weighted by molar-refractivity contribution is 8.00. The maximum Gasteiger partial charge on any atom is 0.352 e. The Hall–Kier alpha value is -6.84. The van der Waals surface area contributed by atoms with Crippen molar-refractivity contribution in [2.24, 2.45) is 5.73 Å². The van der Waals surface area contributed by atoms with Gasteiger partial charge in [-0.3, -0.25) is 52.8 Å². The first-order valence-electron chi connectivity index (χ1n) is 21.4. The Morgan fingerprint density at radius 1 is 0.603 bits per heavy atom. The number of nitrogens with two attached hydrogens (primary N) is 1. The molecule has 1 saturated heterocycles. The van der Waals surface area contributed by atoms with Gasteiger partial charge < -0.3 is 68.7 Å². The van der Waals surface area contributed by atoms with Gasteiger partial charge in [0.1, 0.15) is 59.4 Å². The summed E-state index contributed by atoms with van der Waals surface area (Å²) in [6.45, 7) is 6.23. The van der Waals surface area contributed by atoms with Crippen molar-refractivity contribution < 1.29 is 82.8 Å². The first kappa shape index (κ1) is 57.3. The molecule has 28 heteroatoms. The van der Waals surface area contributed by atoms with Crippen LogP contribution < -0.4 is 48.3 Å². The summed E-state index contributed by atoms with van der Waals surface area (Å²) < 4.78 is 0. The summed E-state index contributed by atoms with van der Waals surface area (Å²) in [6, 6.07) is -10.7. The third-order valence-corrected chi connectivity index (χ3v) is 11.8. The zero-order valence-electron chi connectivity index (χ0n) is 38.0. The predicted octanol–water partition coefficient (Wildman–Crippen LogP) is -4.06. The molecule has 0 aromatic rings. The van der Waals surface area contributed by atoms with E-state index < -0.39 is 156 Å². The van der Waals surface area contributed by atoms with Gasteiger partial charge in [0.05, 0.1) is 0 Å². The molecule has 14 N–H and O–H groups in total. The molecular weight excluding hydrogens is 925 g/mol. The van der Waals surface area contributed by atoms with Crippen LogP contribution in [-0.4, -0.2) is 168 Å². The Balaban J connectivity index is 2.26. The average molecular weight is 985 g/mol. The van der Waals surface area contributed by atoms with Crippen molar-refractivity contribution in [1.29, 1.82) is 0 Å². The molecule has 0 aromatic carbocycles. The number of thioether (sulfide) groups is 1. The van der Waals surface area contributed by atoms with Crippen LogP contribution in [0.2, 0.25) is 0 Å². The van der Waals surface area contributed by atoms with E-state index in [2.05, 4.69) is 42.5 Å². The van der Waals surface area contributed by atoms with Crippen LogP contribution in [0.1, 0.15) is 92.4 Å². The number of carbonyl (C=O) groups excluding carboxylic acids is 9. The molecule has 2 aliphatic rings. The van der Waals surface area contributed by atoms with Crippen molar-refractivity contribution in [3.8, 4) is 0 Å². The summed E-state index contributed by atoms with van der Waals surface area (Å²) in [5.74, 6) is -13.0. The molecule has 1 fully saturated rings. The van der Waals surface area contributed by atoms with Crippen LogP contribution in [0, 0.1) is 0 Å². The van der Waals surface area contributed by atoms with Crippen LogP contribution in [0.4, 0.5) is 0 Å². The molecule has 378 valence electrons. The normalized spacial score (nSPS) is 18.2. The van der Waals surface area contributed by atoms with Crippen LogP contribution >= 0.6 is 11.8 Å². The number of carboxylic acids is 4. The minimum Gasteiger partial charge on any atom is -0.480 e. The molecule has 9 atom stereocenters. The lowest BCUT2D eigenvalue weighted by Crippen LogP contribution is -2.71. The van der Waals surface area contributed by atoms with E-state index >= 15 is 0 Å². The Labute approximate surface area is 393 Å². The van der Waals surface area contributed by atoms with E-state index in [0.29, 0.717) is 12.8 Å². The van der Waals surface area contributed by atoms with Crippen molar-refractivity contribution in [2.45, 2.75) is 146 Å². The fraction of sp³-hybridized carbons (Fsp3) is 0.625. The van der Waals surface area contributed by atoms with E-state index in [1.807, 2.05) is 0 Å². The molecule has 2 aliphatic heterocycles. The van der Waals surface area contributed by atoms with E-state index in [-0.39, 0.29) is 43.6 Å². The number of hydrogen-bond donors (Lipinski definition) is 13. The lowest BCUT2D eigenvalue weighted by Gasteiger charge is -2.49. The monoisotopic (exact) mass is 984 g/mol. The van der Waals surface area contributed by atoms with Crippen molar-refractivity contribution in [1.82, 2.24) is 47.4 Å². The highest BCUT2D eigenvalue weighted by Crippen LogP contribution is 2.41. The maximum atomic E-state index is 13.6. The second-order valence-corrected chi connectivity index (χ2v) is 17.1. The number of fused-ring (bicyclic) bond motifs is 1. The lowest BCUT2D eigenvalue weighted by molar-refractivity contribution is -0.151. The molecule has 0 aliphatic carbocycles. The number of unbranched alkanes of at least 4 members (excludes halogenated alkanes) is 1. The number of nitrogens with zero attached hydrogens (tertiary/aromatic N) is 1. The van der Waals surface area contributed by atoms with Crippen molar-refractivity contribution in [2.75, 3.05) is 12.3 Å². The molecule has 0 spiro atoms. The van der Waals surface area contributed by atoms with Gasteiger partial charge in [-0.2, -0.15) is 0 Å². The van der Waals surface area contributed by atoms with Gasteiger partial charge in [0, 0.05) is 32.4 Å². The van der Waals surface area contributed by atoms with Gasteiger partial charge in [0.2, 0.25) is 47.3 Å². The smallest absolute Gasteiger partial charge is 0.352 e. The van der Waals surface area contributed by atoms with Gasteiger partial charge in [-0.25, -0.2) is 14.4 Å². The molecular formula is C40H60N10O17S. The summed E-state index contributed by atoms with van der Waals surface area (Å²) in [4.78, 5) is 163. The Morgan fingerprint density at radius 2 is 1.10 bits per heavy atom.